The van der Waals surface area contributed by atoms with Crippen molar-refractivity contribution in [2.24, 2.45) is 0 Å². The van der Waals surface area contributed by atoms with E-state index in [4.69, 9.17) is 4.42 Å². The molecule has 3 heterocycles. The van der Waals surface area contributed by atoms with E-state index in [1.54, 1.807) is 0 Å². The summed E-state index contributed by atoms with van der Waals surface area (Å²) >= 11 is 0. The minimum Gasteiger partial charge on any atom is -0.423 e. The van der Waals surface area contributed by atoms with E-state index in [2.05, 4.69) is 21.4 Å². The Balaban J connectivity index is 1.97. The molecule has 1 N–H and O–H groups in total. The van der Waals surface area contributed by atoms with Crippen molar-refractivity contribution < 1.29 is 4.42 Å². The lowest BCUT2D eigenvalue weighted by molar-refractivity contribution is 0.412. The summed E-state index contributed by atoms with van der Waals surface area (Å²) in [6.45, 7) is 2.95. The Hall–Kier alpha value is -1.42. The molecule has 3 rings (SSSR count). The summed E-state index contributed by atoms with van der Waals surface area (Å²) < 4.78 is 5.37. The first-order valence-corrected chi connectivity index (χ1v) is 5.79. The molecule has 1 saturated heterocycles. The lowest BCUT2D eigenvalue weighted by atomic mass is 9.99. The molecule has 4 heteroatoms. The van der Waals surface area contributed by atoms with Gasteiger partial charge in [0.05, 0.1) is 0 Å². The molecular weight excluding hydrogens is 202 g/mol. The average molecular weight is 217 g/mol. The Morgan fingerprint density at radius 3 is 3.19 bits per heavy atom. The molecule has 1 atom stereocenters. The molecule has 84 valence electrons. The van der Waals surface area contributed by atoms with Gasteiger partial charge >= 0.3 is 0 Å². The highest BCUT2D eigenvalue weighted by atomic mass is 16.4. The fourth-order valence-electron chi connectivity index (χ4n) is 2.27. The molecule has 0 amide bonds. The van der Waals surface area contributed by atoms with Crippen LogP contribution in [0.15, 0.2) is 16.7 Å². The summed E-state index contributed by atoms with van der Waals surface area (Å²) in [7, 11) is 0. The molecule has 0 radical (unpaired) electrons. The smallest absolute Gasteiger partial charge is 0.246 e. The average Bonchev–Trinajstić information content (AvgIpc) is 2.69. The number of aryl methyl sites for hydroxylation is 1. The fraction of sp³-hybridized carbons (Fsp3) is 0.500. The first-order chi connectivity index (χ1) is 7.83. The molecule has 0 bridgehead atoms. The quantitative estimate of drug-likeness (QED) is 0.796. The fourth-order valence-corrected chi connectivity index (χ4v) is 2.27. The van der Waals surface area contributed by atoms with E-state index in [1.807, 2.05) is 13.1 Å². The third-order valence-electron chi connectivity index (χ3n) is 3.09. The Morgan fingerprint density at radius 2 is 2.38 bits per heavy atom. The van der Waals surface area contributed by atoms with Crippen LogP contribution in [-0.2, 0) is 0 Å². The number of piperidine rings is 1. The van der Waals surface area contributed by atoms with Gasteiger partial charge in [-0.15, -0.1) is 0 Å². The van der Waals surface area contributed by atoms with Gasteiger partial charge in [0.15, 0.2) is 5.89 Å². The minimum absolute atomic E-state index is 0.433. The zero-order valence-corrected chi connectivity index (χ0v) is 9.36. The summed E-state index contributed by atoms with van der Waals surface area (Å²) in [6, 6.07) is 2.52. The monoisotopic (exact) mass is 217 g/mol. The number of nitrogens with zero attached hydrogens (tertiary/aromatic N) is 2. The maximum Gasteiger partial charge on any atom is 0.246 e. The van der Waals surface area contributed by atoms with Crippen molar-refractivity contribution in [1.82, 2.24) is 15.3 Å². The van der Waals surface area contributed by atoms with E-state index in [-0.39, 0.29) is 0 Å². The van der Waals surface area contributed by atoms with Crippen molar-refractivity contribution in [1.29, 1.82) is 0 Å². The molecular formula is C12H15N3O. The molecule has 1 fully saturated rings. The lowest BCUT2D eigenvalue weighted by Gasteiger charge is -2.23. The van der Waals surface area contributed by atoms with E-state index in [9.17, 15) is 0 Å². The normalized spacial score (nSPS) is 21.4. The van der Waals surface area contributed by atoms with Crippen LogP contribution in [0, 0.1) is 6.92 Å². The SMILES string of the molecule is Cc1nc2cc(C3CCCCN3)cnc2o1. The summed E-state index contributed by atoms with van der Waals surface area (Å²) in [5.74, 6) is 0.677. The Kier molecular flexibility index (Phi) is 2.36. The first-order valence-electron chi connectivity index (χ1n) is 5.79. The first kappa shape index (κ1) is 9.78. The molecule has 0 spiro atoms. The van der Waals surface area contributed by atoms with Gasteiger partial charge in [0.25, 0.3) is 0 Å². The van der Waals surface area contributed by atoms with E-state index in [1.165, 1.54) is 24.8 Å². The number of hydrogen-bond donors (Lipinski definition) is 1. The maximum atomic E-state index is 5.37. The molecule has 16 heavy (non-hydrogen) atoms. The van der Waals surface area contributed by atoms with Crippen LogP contribution in [0.3, 0.4) is 0 Å². The van der Waals surface area contributed by atoms with Crippen LogP contribution < -0.4 is 5.32 Å². The predicted octanol–water partition coefficient (Wildman–Crippen LogP) is 2.35. The summed E-state index contributed by atoms with van der Waals surface area (Å²) in [4.78, 5) is 8.62. The highest BCUT2D eigenvalue weighted by Crippen LogP contribution is 2.24. The molecule has 2 aromatic heterocycles. The topological polar surface area (TPSA) is 51.0 Å². The highest BCUT2D eigenvalue weighted by molar-refractivity contribution is 5.68. The third-order valence-corrected chi connectivity index (χ3v) is 3.09. The molecule has 1 aliphatic heterocycles. The van der Waals surface area contributed by atoms with Crippen LogP contribution in [0.4, 0.5) is 0 Å². The van der Waals surface area contributed by atoms with E-state index < -0.39 is 0 Å². The minimum atomic E-state index is 0.433. The Labute approximate surface area is 94.1 Å². The third kappa shape index (κ3) is 1.69. The van der Waals surface area contributed by atoms with Gasteiger partial charge in [-0.05, 0) is 31.0 Å². The van der Waals surface area contributed by atoms with Crippen LogP contribution >= 0.6 is 0 Å². The van der Waals surface area contributed by atoms with E-state index in [0.717, 1.165) is 12.1 Å². The van der Waals surface area contributed by atoms with Crippen LogP contribution in [0.2, 0.25) is 0 Å². The van der Waals surface area contributed by atoms with Crippen molar-refractivity contribution in [3.8, 4) is 0 Å². The second-order valence-corrected chi connectivity index (χ2v) is 4.33. The van der Waals surface area contributed by atoms with Crippen LogP contribution in [-0.4, -0.2) is 16.5 Å². The molecule has 0 aliphatic carbocycles. The van der Waals surface area contributed by atoms with Gasteiger partial charge in [-0.1, -0.05) is 6.42 Å². The second kappa shape index (κ2) is 3.87. The zero-order valence-electron chi connectivity index (χ0n) is 9.36. The second-order valence-electron chi connectivity index (χ2n) is 4.33. The standard InChI is InChI=1S/C12H15N3O/c1-8-15-11-6-9(7-14-12(11)16-8)10-4-2-3-5-13-10/h6-7,10,13H,2-5H2,1H3. The number of oxazole rings is 1. The Morgan fingerprint density at radius 1 is 1.44 bits per heavy atom. The van der Waals surface area contributed by atoms with Crippen LogP contribution in [0.1, 0.15) is 36.8 Å². The van der Waals surface area contributed by atoms with Crippen molar-refractivity contribution in [2.75, 3.05) is 6.54 Å². The van der Waals surface area contributed by atoms with Crippen molar-refractivity contribution in [3.05, 3.63) is 23.7 Å². The number of hydrogen-bond acceptors (Lipinski definition) is 4. The van der Waals surface area contributed by atoms with Crippen LogP contribution in [0.5, 0.6) is 0 Å². The molecule has 2 aromatic rings. The van der Waals surface area contributed by atoms with Gasteiger partial charge in [-0.2, -0.15) is 0 Å². The van der Waals surface area contributed by atoms with Gasteiger partial charge in [-0.3, -0.25) is 0 Å². The number of pyridine rings is 1. The predicted molar refractivity (Wildman–Crippen MR) is 61.1 cm³/mol. The van der Waals surface area contributed by atoms with Crippen molar-refractivity contribution in [2.45, 2.75) is 32.2 Å². The number of rotatable bonds is 1. The zero-order chi connectivity index (χ0) is 11.0. The van der Waals surface area contributed by atoms with Gasteiger partial charge in [0, 0.05) is 19.2 Å². The van der Waals surface area contributed by atoms with Crippen molar-refractivity contribution in [3.63, 3.8) is 0 Å². The van der Waals surface area contributed by atoms with Gasteiger partial charge in [-0.25, -0.2) is 9.97 Å². The summed E-state index contributed by atoms with van der Waals surface area (Å²) in [5.41, 5.74) is 2.72. The van der Waals surface area contributed by atoms with Crippen molar-refractivity contribution >= 4 is 11.2 Å². The maximum absolute atomic E-state index is 5.37. The highest BCUT2D eigenvalue weighted by Gasteiger charge is 2.16. The largest absolute Gasteiger partial charge is 0.423 e. The molecule has 1 unspecified atom stereocenters. The lowest BCUT2D eigenvalue weighted by Crippen LogP contribution is -2.26. The van der Waals surface area contributed by atoms with E-state index in [0.29, 0.717) is 17.6 Å². The number of nitrogens with one attached hydrogen (secondary N) is 1. The molecule has 4 nitrogen and oxygen atoms in total. The number of aromatic nitrogens is 2. The van der Waals surface area contributed by atoms with Gasteiger partial charge < -0.3 is 9.73 Å². The Bertz CT molecular complexity index is 500. The number of fused-ring (bicyclic) bond motifs is 1. The summed E-state index contributed by atoms with van der Waals surface area (Å²) in [6.07, 6.45) is 5.64. The summed E-state index contributed by atoms with van der Waals surface area (Å²) in [5, 5.41) is 3.51. The molecule has 0 aromatic carbocycles. The van der Waals surface area contributed by atoms with E-state index >= 15 is 0 Å². The van der Waals surface area contributed by atoms with Gasteiger partial charge in [0.1, 0.15) is 5.52 Å². The van der Waals surface area contributed by atoms with Gasteiger partial charge in [0.2, 0.25) is 5.71 Å². The molecule has 1 aliphatic rings. The molecule has 0 saturated carbocycles. The van der Waals surface area contributed by atoms with Crippen LogP contribution in [0.25, 0.3) is 11.2 Å².